The molecule has 6 nitrogen and oxygen atoms in total. The normalized spacial score (nSPS) is 15.1. The van der Waals surface area contributed by atoms with Crippen LogP contribution in [-0.4, -0.2) is 20.1 Å². The number of amides is 1. The number of ether oxygens (including phenoxy) is 2. The zero-order valence-electron chi connectivity index (χ0n) is 17.6. The average molecular weight is 527 g/mol. The number of hydrogen-bond donors (Lipinski definition) is 0. The predicted molar refractivity (Wildman–Crippen MR) is 130 cm³/mol. The third-order valence-electron chi connectivity index (χ3n) is 5.68. The number of methoxy groups -OCH3 is 2. The summed E-state index contributed by atoms with van der Waals surface area (Å²) < 4.78 is 17.2. The number of fused-ring (bicyclic) bond motifs is 2. The molecule has 2 heterocycles. The highest BCUT2D eigenvalue weighted by Gasteiger charge is 2.43. The molecule has 1 aliphatic heterocycles. The second kappa shape index (κ2) is 8.24. The fourth-order valence-electron chi connectivity index (χ4n) is 4.12. The summed E-state index contributed by atoms with van der Waals surface area (Å²) in [6.45, 7) is 0. The van der Waals surface area contributed by atoms with Crippen LogP contribution in [0.5, 0.6) is 11.5 Å². The molecular weight excluding hydrogens is 510 g/mol. The molecule has 0 radical (unpaired) electrons. The molecule has 1 aliphatic rings. The van der Waals surface area contributed by atoms with Crippen molar-refractivity contribution in [1.82, 2.24) is 0 Å². The first-order valence-electron chi connectivity index (χ1n) is 10.00. The summed E-state index contributed by atoms with van der Waals surface area (Å²) in [7, 11) is 3.10. The lowest BCUT2D eigenvalue weighted by molar-refractivity contribution is 0.0971. The van der Waals surface area contributed by atoms with E-state index in [1.165, 1.54) is 12.0 Å². The summed E-state index contributed by atoms with van der Waals surface area (Å²) in [5, 5.41) is 0.740. The highest BCUT2D eigenvalue weighted by Crippen LogP contribution is 2.43. The molecule has 5 rings (SSSR count). The van der Waals surface area contributed by atoms with Gasteiger partial charge in [-0.3, -0.25) is 14.5 Å². The molecule has 1 unspecified atom stereocenters. The third-order valence-corrected chi connectivity index (χ3v) is 6.47. The van der Waals surface area contributed by atoms with Crippen molar-refractivity contribution in [2.45, 2.75) is 6.04 Å². The van der Waals surface area contributed by atoms with Crippen LogP contribution >= 0.6 is 27.5 Å². The van der Waals surface area contributed by atoms with Crippen LogP contribution in [0.1, 0.15) is 27.7 Å². The zero-order valence-corrected chi connectivity index (χ0v) is 19.9. The number of anilines is 1. The second-order valence-electron chi connectivity index (χ2n) is 7.48. The molecule has 8 heteroatoms. The van der Waals surface area contributed by atoms with Crippen LogP contribution in [0.25, 0.3) is 11.0 Å². The van der Waals surface area contributed by atoms with Crippen LogP contribution in [-0.2, 0) is 0 Å². The topological polar surface area (TPSA) is 69.0 Å². The Morgan fingerprint density at radius 2 is 1.73 bits per heavy atom. The molecule has 1 amide bonds. The quantitative estimate of drug-likeness (QED) is 0.327. The lowest BCUT2D eigenvalue weighted by Gasteiger charge is -2.25. The number of nitrogens with zero attached hydrogens (tertiary/aromatic N) is 1. The van der Waals surface area contributed by atoms with Gasteiger partial charge in [0.25, 0.3) is 5.91 Å². The first-order chi connectivity index (χ1) is 15.9. The monoisotopic (exact) mass is 525 g/mol. The summed E-state index contributed by atoms with van der Waals surface area (Å²) in [6, 6.07) is 16.7. The Balaban J connectivity index is 1.78. The van der Waals surface area contributed by atoms with E-state index in [0.717, 1.165) is 10.0 Å². The molecule has 0 saturated heterocycles. The molecule has 33 heavy (non-hydrogen) atoms. The van der Waals surface area contributed by atoms with Gasteiger partial charge in [0.2, 0.25) is 5.76 Å². The lowest BCUT2D eigenvalue weighted by Crippen LogP contribution is -2.29. The van der Waals surface area contributed by atoms with E-state index in [0.29, 0.717) is 33.2 Å². The van der Waals surface area contributed by atoms with Crippen molar-refractivity contribution < 1.29 is 18.7 Å². The molecule has 1 atom stereocenters. The van der Waals surface area contributed by atoms with Crippen LogP contribution in [0, 0.1) is 0 Å². The van der Waals surface area contributed by atoms with Crippen LogP contribution in [0.2, 0.25) is 5.02 Å². The van der Waals surface area contributed by atoms with Crippen molar-refractivity contribution in [1.29, 1.82) is 0 Å². The Bertz CT molecular complexity index is 1460. The van der Waals surface area contributed by atoms with Crippen LogP contribution in [0.3, 0.4) is 0 Å². The van der Waals surface area contributed by atoms with E-state index in [2.05, 4.69) is 15.9 Å². The first kappa shape index (κ1) is 21.6. The van der Waals surface area contributed by atoms with Gasteiger partial charge >= 0.3 is 0 Å². The predicted octanol–water partition coefficient (Wildman–Crippen LogP) is 5.98. The minimum atomic E-state index is -0.706. The Labute approximate surface area is 202 Å². The maximum atomic E-state index is 13.6. The van der Waals surface area contributed by atoms with Gasteiger partial charge in [-0.05, 0) is 54.1 Å². The SMILES string of the molecule is COc1ccc(C2c3c(oc4ccc(Br)cc4c3=O)C(=O)N2c2ccc(OC)c(Cl)c2)cc1. The number of carbonyl (C=O) groups is 1. The van der Waals surface area contributed by atoms with Crippen molar-refractivity contribution in [3.05, 3.63) is 97.3 Å². The maximum Gasteiger partial charge on any atom is 0.295 e. The summed E-state index contributed by atoms with van der Waals surface area (Å²) in [5.41, 5.74) is 1.61. The van der Waals surface area contributed by atoms with Crippen molar-refractivity contribution >= 4 is 50.1 Å². The van der Waals surface area contributed by atoms with E-state index in [1.54, 1.807) is 55.6 Å². The van der Waals surface area contributed by atoms with Gasteiger partial charge < -0.3 is 13.9 Å². The molecule has 0 bridgehead atoms. The maximum absolute atomic E-state index is 13.6. The van der Waals surface area contributed by atoms with E-state index in [1.807, 2.05) is 12.1 Å². The van der Waals surface area contributed by atoms with Gasteiger partial charge in [0.15, 0.2) is 5.43 Å². The molecule has 1 aromatic heterocycles. The van der Waals surface area contributed by atoms with E-state index in [9.17, 15) is 9.59 Å². The zero-order chi connectivity index (χ0) is 23.3. The largest absolute Gasteiger partial charge is 0.497 e. The highest BCUT2D eigenvalue weighted by molar-refractivity contribution is 9.10. The summed E-state index contributed by atoms with van der Waals surface area (Å²) in [5.74, 6) is 0.740. The number of hydrogen-bond acceptors (Lipinski definition) is 5. The molecule has 4 aromatic rings. The fraction of sp³-hybridized carbons (Fsp3) is 0.120. The summed E-state index contributed by atoms with van der Waals surface area (Å²) in [4.78, 5) is 28.8. The van der Waals surface area contributed by atoms with E-state index >= 15 is 0 Å². The van der Waals surface area contributed by atoms with Crippen LogP contribution in [0.4, 0.5) is 5.69 Å². The Hall–Kier alpha value is -3.29. The van der Waals surface area contributed by atoms with Crippen molar-refractivity contribution in [3.63, 3.8) is 0 Å². The first-order valence-corrected chi connectivity index (χ1v) is 11.2. The Kier molecular flexibility index (Phi) is 5.38. The fourth-order valence-corrected chi connectivity index (χ4v) is 4.73. The molecule has 3 aromatic carbocycles. The minimum Gasteiger partial charge on any atom is -0.497 e. The smallest absolute Gasteiger partial charge is 0.295 e. The van der Waals surface area contributed by atoms with Crippen LogP contribution in [0.15, 0.2) is 74.3 Å². The standard InChI is InChI=1S/C25H17BrClNO5/c1-31-16-7-3-13(4-8-16)22-21-23(29)17-11-14(26)5-9-19(17)33-24(21)25(30)28(22)15-6-10-20(32-2)18(27)12-15/h3-12,22H,1-2H3. The number of rotatable bonds is 4. The van der Waals surface area contributed by atoms with Crippen molar-refractivity contribution in [3.8, 4) is 11.5 Å². The van der Waals surface area contributed by atoms with Gasteiger partial charge in [0, 0.05) is 10.2 Å². The lowest BCUT2D eigenvalue weighted by atomic mass is 9.98. The van der Waals surface area contributed by atoms with Crippen molar-refractivity contribution in [2.75, 3.05) is 19.1 Å². The van der Waals surface area contributed by atoms with Gasteiger partial charge in [0.05, 0.1) is 36.2 Å². The van der Waals surface area contributed by atoms with Gasteiger partial charge in [0.1, 0.15) is 17.1 Å². The van der Waals surface area contributed by atoms with Gasteiger partial charge in [-0.2, -0.15) is 0 Å². The Morgan fingerprint density at radius 1 is 0.970 bits per heavy atom. The van der Waals surface area contributed by atoms with Crippen LogP contribution < -0.4 is 19.8 Å². The van der Waals surface area contributed by atoms with E-state index in [4.69, 9.17) is 25.5 Å². The van der Waals surface area contributed by atoms with E-state index < -0.39 is 11.9 Å². The molecule has 166 valence electrons. The molecule has 0 aliphatic carbocycles. The molecule has 0 saturated carbocycles. The summed E-state index contributed by atoms with van der Waals surface area (Å²) >= 11 is 9.77. The highest BCUT2D eigenvalue weighted by atomic mass is 79.9. The minimum absolute atomic E-state index is 0.0163. The molecular formula is C25H17BrClNO5. The average Bonchev–Trinajstić information content (AvgIpc) is 3.12. The van der Waals surface area contributed by atoms with Gasteiger partial charge in [-0.1, -0.05) is 39.7 Å². The number of carbonyl (C=O) groups excluding carboxylic acids is 1. The van der Waals surface area contributed by atoms with Crippen molar-refractivity contribution in [2.24, 2.45) is 0 Å². The number of halogens is 2. The Morgan fingerprint density at radius 3 is 2.39 bits per heavy atom. The van der Waals surface area contributed by atoms with Gasteiger partial charge in [-0.25, -0.2) is 0 Å². The molecule has 0 spiro atoms. The van der Waals surface area contributed by atoms with Gasteiger partial charge in [-0.15, -0.1) is 0 Å². The second-order valence-corrected chi connectivity index (χ2v) is 8.81. The third kappa shape index (κ3) is 3.48. The molecule has 0 N–H and O–H groups in total. The van der Waals surface area contributed by atoms with E-state index in [-0.39, 0.29) is 16.8 Å². The summed E-state index contributed by atoms with van der Waals surface area (Å²) in [6.07, 6.45) is 0. The number of benzene rings is 3. The molecule has 0 fully saturated rings.